The first-order valence-corrected chi connectivity index (χ1v) is 11.0. The Hall–Kier alpha value is -2.93. The van der Waals surface area contributed by atoms with Crippen molar-refractivity contribution >= 4 is 46.4 Å². The van der Waals surface area contributed by atoms with Gasteiger partial charge in [-0.25, -0.2) is 9.71 Å². The van der Waals surface area contributed by atoms with Crippen LogP contribution in [0.4, 0.5) is 17.1 Å². The van der Waals surface area contributed by atoms with Gasteiger partial charge in [0.15, 0.2) is 0 Å². The maximum atomic E-state index is 6.39. The number of nitrogens with two attached hydrogens (primary N) is 1. The predicted octanol–water partition coefficient (Wildman–Crippen LogP) is 6.24. The molecular formula is C24H26ClN5S. The van der Waals surface area contributed by atoms with Crippen LogP contribution in [0.25, 0.3) is 0 Å². The zero-order valence-electron chi connectivity index (χ0n) is 17.5. The van der Waals surface area contributed by atoms with Gasteiger partial charge in [-0.3, -0.25) is 0 Å². The standard InChI is InChI=1S/C22H21ClN4S.C2H5N/c1-14-6-5-7-16(12-14)28-27-22-21(24-18-8-3-4-9-19(18)25-22)26-20-13-15(2)10-11-17(20)23;1-2-3/h3-13,22,25,27H,1-2H3,(H,24,26);2H,1,3H2. The molecule has 0 saturated carbocycles. The number of para-hydroxylation sites is 2. The highest BCUT2D eigenvalue weighted by Crippen LogP contribution is 2.31. The number of nitrogens with one attached hydrogen (secondary N) is 3. The largest absolute Gasteiger partial charge is 0.405 e. The van der Waals surface area contributed by atoms with Crippen LogP contribution < -0.4 is 21.1 Å². The van der Waals surface area contributed by atoms with Gasteiger partial charge in [-0.1, -0.05) is 48.5 Å². The molecule has 0 aliphatic carbocycles. The predicted molar refractivity (Wildman–Crippen MR) is 135 cm³/mol. The van der Waals surface area contributed by atoms with Crippen molar-refractivity contribution in [1.82, 2.24) is 4.72 Å². The van der Waals surface area contributed by atoms with Crippen molar-refractivity contribution in [3.05, 3.63) is 95.7 Å². The summed E-state index contributed by atoms with van der Waals surface area (Å²) >= 11 is 7.96. The molecule has 1 aliphatic rings. The summed E-state index contributed by atoms with van der Waals surface area (Å²) < 4.78 is 3.48. The Balaban J connectivity index is 0.000000858. The van der Waals surface area contributed by atoms with Crippen LogP contribution in [0.3, 0.4) is 0 Å². The molecule has 0 spiro atoms. The lowest BCUT2D eigenvalue weighted by Gasteiger charge is -2.28. The minimum absolute atomic E-state index is 0.197. The van der Waals surface area contributed by atoms with Crippen LogP contribution in [0, 0.1) is 13.8 Å². The molecule has 0 amide bonds. The van der Waals surface area contributed by atoms with Gasteiger partial charge >= 0.3 is 0 Å². The summed E-state index contributed by atoms with van der Waals surface area (Å²) in [7, 11) is 0. The van der Waals surface area contributed by atoms with Gasteiger partial charge in [-0.15, -0.1) is 0 Å². The lowest BCUT2D eigenvalue weighted by molar-refractivity contribution is 0.895. The van der Waals surface area contributed by atoms with E-state index in [9.17, 15) is 0 Å². The molecular weight excluding hydrogens is 426 g/mol. The molecule has 3 aromatic rings. The highest BCUT2D eigenvalue weighted by atomic mass is 35.5. The summed E-state index contributed by atoms with van der Waals surface area (Å²) in [4.78, 5) is 5.98. The van der Waals surface area contributed by atoms with Crippen molar-refractivity contribution < 1.29 is 0 Å². The molecule has 7 heteroatoms. The maximum absolute atomic E-state index is 6.39. The number of nitrogens with zero attached hydrogens (tertiary/aromatic N) is 1. The van der Waals surface area contributed by atoms with Crippen molar-refractivity contribution in [2.45, 2.75) is 24.9 Å². The number of fused-ring (bicyclic) bond motifs is 1. The van der Waals surface area contributed by atoms with Crippen molar-refractivity contribution in [3.8, 4) is 0 Å². The van der Waals surface area contributed by atoms with E-state index in [1.165, 1.54) is 11.8 Å². The molecule has 0 bridgehead atoms. The van der Waals surface area contributed by atoms with E-state index in [2.05, 4.69) is 58.9 Å². The number of hydrogen-bond donors (Lipinski definition) is 4. The second kappa shape index (κ2) is 10.9. The molecule has 0 saturated heterocycles. The third kappa shape index (κ3) is 6.28. The van der Waals surface area contributed by atoms with E-state index in [0.29, 0.717) is 5.02 Å². The molecule has 0 fully saturated rings. The van der Waals surface area contributed by atoms with E-state index < -0.39 is 0 Å². The summed E-state index contributed by atoms with van der Waals surface area (Å²) in [6.45, 7) is 7.27. The molecule has 1 heterocycles. The van der Waals surface area contributed by atoms with Crippen LogP contribution in [0.1, 0.15) is 11.1 Å². The Kier molecular flexibility index (Phi) is 8.00. The van der Waals surface area contributed by atoms with E-state index in [0.717, 1.165) is 33.4 Å². The molecule has 31 heavy (non-hydrogen) atoms. The second-order valence-electron chi connectivity index (χ2n) is 6.97. The van der Waals surface area contributed by atoms with Gasteiger partial charge in [0, 0.05) is 4.90 Å². The van der Waals surface area contributed by atoms with E-state index >= 15 is 0 Å². The van der Waals surface area contributed by atoms with Crippen molar-refractivity contribution in [2.75, 3.05) is 10.6 Å². The van der Waals surface area contributed by atoms with Gasteiger partial charge in [0.05, 0.1) is 22.1 Å². The number of hydrogen-bond acceptors (Lipinski definition) is 6. The molecule has 0 radical (unpaired) electrons. The third-order valence-electron chi connectivity index (χ3n) is 4.39. The Morgan fingerprint density at radius 1 is 1.06 bits per heavy atom. The van der Waals surface area contributed by atoms with Crippen molar-refractivity contribution in [3.63, 3.8) is 0 Å². The first-order chi connectivity index (χ1) is 15.0. The molecule has 1 aliphatic heterocycles. The summed E-state index contributed by atoms with van der Waals surface area (Å²) in [5, 5.41) is 7.59. The van der Waals surface area contributed by atoms with Crippen LogP contribution in [0.15, 0.2) is 89.4 Å². The number of halogens is 1. The smallest absolute Gasteiger partial charge is 0.146 e. The average molecular weight is 452 g/mol. The van der Waals surface area contributed by atoms with Gasteiger partial charge in [0.1, 0.15) is 12.0 Å². The van der Waals surface area contributed by atoms with Gasteiger partial charge in [0.25, 0.3) is 0 Å². The zero-order valence-corrected chi connectivity index (χ0v) is 19.1. The van der Waals surface area contributed by atoms with Crippen LogP contribution >= 0.6 is 23.5 Å². The van der Waals surface area contributed by atoms with E-state index in [1.54, 1.807) is 11.9 Å². The Morgan fingerprint density at radius 3 is 2.58 bits per heavy atom. The lowest BCUT2D eigenvalue weighted by atomic mass is 10.2. The third-order valence-corrected chi connectivity index (χ3v) is 5.56. The molecule has 3 aromatic carbocycles. The Morgan fingerprint density at radius 2 is 1.81 bits per heavy atom. The van der Waals surface area contributed by atoms with Gasteiger partial charge in [-0.05, 0) is 79.5 Å². The highest BCUT2D eigenvalue weighted by molar-refractivity contribution is 7.97. The maximum Gasteiger partial charge on any atom is 0.146 e. The summed E-state index contributed by atoms with van der Waals surface area (Å²) in [6, 6.07) is 22.3. The van der Waals surface area contributed by atoms with E-state index in [-0.39, 0.29) is 6.17 Å². The molecule has 160 valence electrons. The minimum Gasteiger partial charge on any atom is -0.405 e. The molecule has 5 nitrogen and oxygen atoms in total. The normalized spacial score (nSPS) is 14.3. The van der Waals surface area contributed by atoms with E-state index in [1.807, 2.05) is 49.4 Å². The second-order valence-corrected chi connectivity index (χ2v) is 8.29. The summed E-state index contributed by atoms with van der Waals surface area (Å²) in [6.07, 6.45) is 1.05. The fourth-order valence-corrected chi connectivity index (χ4v) is 3.96. The topological polar surface area (TPSA) is 74.5 Å². The van der Waals surface area contributed by atoms with Crippen LogP contribution in [-0.4, -0.2) is 12.0 Å². The Labute approximate surface area is 192 Å². The number of aliphatic imine (C=N–C) groups is 1. The molecule has 4 rings (SSSR count). The lowest BCUT2D eigenvalue weighted by Crippen LogP contribution is -2.45. The van der Waals surface area contributed by atoms with Crippen LogP contribution in [0.5, 0.6) is 0 Å². The van der Waals surface area contributed by atoms with Gasteiger partial charge in [0.2, 0.25) is 0 Å². The van der Waals surface area contributed by atoms with Gasteiger partial charge < -0.3 is 16.4 Å². The first kappa shape index (κ1) is 22.7. The van der Waals surface area contributed by atoms with Crippen molar-refractivity contribution in [2.24, 2.45) is 10.7 Å². The monoisotopic (exact) mass is 451 g/mol. The van der Waals surface area contributed by atoms with Gasteiger partial charge in [-0.2, -0.15) is 0 Å². The quantitative estimate of drug-likeness (QED) is 0.353. The minimum atomic E-state index is -0.197. The average Bonchev–Trinajstić information content (AvgIpc) is 2.75. The molecule has 0 aromatic heterocycles. The number of anilines is 2. The van der Waals surface area contributed by atoms with Crippen LogP contribution in [-0.2, 0) is 0 Å². The fraction of sp³-hybridized carbons (Fsp3) is 0.125. The Bertz CT molecular complexity index is 1080. The molecule has 1 unspecified atom stereocenters. The SMILES string of the molecule is C=CN.Cc1cccc(SNC2Nc3ccccc3N=C2Nc2cc(C)ccc2Cl)c1. The summed E-state index contributed by atoms with van der Waals surface area (Å²) in [5.74, 6) is 0.770. The van der Waals surface area contributed by atoms with E-state index in [4.69, 9.17) is 16.6 Å². The number of amidine groups is 1. The first-order valence-electron chi connectivity index (χ1n) is 9.79. The number of rotatable bonds is 4. The zero-order chi connectivity index (χ0) is 22.2. The fourth-order valence-electron chi connectivity index (χ4n) is 2.98. The molecule has 5 N–H and O–H groups in total. The highest BCUT2D eigenvalue weighted by Gasteiger charge is 2.23. The van der Waals surface area contributed by atoms with Crippen LogP contribution in [0.2, 0.25) is 5.02 Å². The molecule has 1 atom stereocenters. The summed E-state index contributed by atoms with van der Waals surface area (Å²) in [5.41, 5.74) is 9.70. The number of benzene rings is 3. The number of aryl methyl sites for hydroxylation is 2. The van der Waals surface area contributed by atoms with Crippen molar-refractivity contribution in [1.29, 1.82) is 0 Å².